The van der Waals surface area contributed by atoms with E-state index in [9.17, 15) is 4.79 Å². The fourth-order valence-electron chi connectivity index (χ4n) is 2.03. The fourth-order valence-corrected chi connectivity index (χ4v) is 3.23. The number of carboxylic acids is 1. The van der Waals surface area contributed by atoms with Gasteiger partial charge in [0, 0.05) is 16.6 Å². The van der Waals surface area contributed by atoms with E-state index in [-0.39, 0.29) is 0 Å². The number of carboxylic acid groups (broad SMARTS) is 1. The first-order valence-corrected chi connectivity index (χ1v) is 7.08. The predicted octanol–water partition coefficient (Wildman–Crippen LogP) is 2.05. The molecule has 1 unspecified atom stereocenters. The van der Waals surface area contributed by atoms with Gasteiger partial charge in [-0.25, -0.2) is 0 Å². The van der Waals surface area contributed by atoms with Crippen molar-refractivity contribution in [1.82, 2.24) is 10.2 Å². The van der Waals surface area contributed by atoms with E-state index in [1.165, 1.54) is 4.88 Å². The Labute approximate surface area is 115 Å². The molecule has 0 amide bonds. The lowest BCUT2D eigenvalue weighted by atomic mass is 9.98. The van der Waals surface area contributed by atoms with Gasteiger partial charge in [-0.15, -0.1) is 11.3 Å². The summed E-state index contributed by atoms with van der Waals surface area (Å²) in [7, 11) is 0. The van der Waals surface area contributed by atoms with Crippen LogP contribution in [0.15, 0.2) is 17.8 Å². The number of carbonyl (C=O) groups is 1. The zero-order valence-electron chi connectivity index (χ0n) is 10.7. The Bertz CT molecular complexity index is 548. The van der Waals surface area contributed by atoms with Crippen LogP contribution in [-0.4, -0.2) is 27.3 Å². The molecule has 0 spiro atoms. The van der Waals surface area contributed by atoms with Crippen LogP contribution in [0.3, 0.4) is 0 Å². The number of nitrogens with two attached hydrogens (primary N) is 1. The number of hydrogen-bond acceptors (Lipinski definition) is 4. The second kappa shape index (κ2) is 5.99. The van der Waals surface area contributed by atoms with Gasteiger partial charge in [-0.1, -0.05) is 13.3 Å². The number of hydrogen-bond donors (Lipinski definition) is 3. The van der Waals surface area contributed by atoms with Crippen LogP contribution in [-0.2, 0) is 17.6 Å². The Kier molecular flexibility index (Phi) is 4.34. The number of rotatable bonds is 6. The molecule has 4 N–H and O–H groups in total. The molecule has 2 rings (SSSR count). The Morgan fingerprint density at radius 3 is 3.00 bits per heavy atom. The molecule has 0 aromatic carbocycles. The van der Waals surface area contributed by atoms with Gasteiger partial charge in [0.05, 0.1) is 6.20 Å². The Morgan fingerprint density at radius 2 is 2.42 bits per heavy atom. The number of aromatic nitrogens is 2. The second-order valence-corrected chi connectivity index (χ2v) is 5.40. The molecule has 0 aliphatic carbocycles. The molecule has 0 saturated heterocycles. The van der Waals surface area contributed by atoms with E-state index in [2.05, 4.69) is 22.5 Å². The average molecular weight is 279 g/mol. The van der Waals surface area contributed by atoms with Crippen molar-refractivity contribution >= 4 is 17.3 Å². The quantitative estimate of drug-likeness (QED) is 0.754. The highest BCUT2D eigenvalue weighted by Gasteiger charge is 2.19. The fraction of sp³-hybridized carbons (Fsp3) is 0.385. The summed E-state index contributed by atoms with van der Waals surface area (Å²) in [5.74, 6) is -0.966. The minimum atomic E-state index is -0.966. The molecule has 0 bridgehead atoms. The first-order chi connectivity index (χ1) is 9.13. The minimum absolute atomic E-state index is 0.356. The van der Waals surface area contributed by atoms with E-state index in [1.54, 1.807) is 17.5 Å². The standard InChI is InChI=1S/C13H17N3O2S/c1-2-3-12-9(4-11(14)13(17)18)10(7-19-12)8-5-15-16-6-8/h5-7,11H,2-4,14H2,1H3,(H,15,16)(H,17,18). The number of aryl methyl sites for hydroxylation is 1. The third-order valence-corrected chi connectivity index (χ3v) is 4.10. The Balaban J connectivity index is 2.36. The van der Waals surface area contributed by atoms with Crippen LogP contribution >= 0.6 is 11.3 Å². The van der Waals surface area contributed by atoms with Crippen molar-refractivity contribution in [3.63, 3.8) is 0 Å². The van der Waals surface area contributed by atoms with Crippen LogP contribution in [0.2, 0.25) is 0 Å². The first kappa shape index (κ1) is 13.8. The van der Waals surface area contributed by atoms with Gasteiger partial charge in [0.15, 0.2) is 0 Å². The maximum atomic E-state index is 11.0. The number of nitrogens with zero attached hydrogens (tertiary/aromatic N) is 1. The van der Waals surface area contributed by atoms with Crippen LogP contribution in [0.1, 0.15) is 23.8 Å². The lowest BCUT2D eigenvalue weighted by Crippen LogP contribution is -2.32. The van der Waals surface area contributed by atoms with E-state index in [1.807, 2.05) is 6.20 Å². The summed E-state index contributed by atoms with van der Waals surface area (Å²) < 4.78 is 0. The maximum Gasteiger partial charge on any atom is 0.320 e. The van der Waals surface area contributed by atoms with Crippen LogP contribution in [0.4, 0.5) is 0 Å². The molecule has 19 heavy (non-hydrogen) atoms. The normalized spacial score (nSPS) is 12.5. The molecule has 2 aromatic heterocycles. The van der Waals surface area contributed by atoms with Gasteiger partial charge in [-0.05, 0) is 29.3 Å². The third-order valence-electron chi connectivity index (χ3n) is 3.01. The van der Waals surface area contributed by atoms with Crippen molar-refractivity contribution < 1.29 is 9.90 Å². The van der Waals surface area contributed by atoms with Crippen molar-refractivity contribution in [3.05, 3.63) is 28.2 Å². The van der Waals surface area contributed by atoms with E-state index in [4.69, 9.17) is 10.8 Å². The summed E-state index contributed by atoms with van der Waals surface area (Å²) in [6, 6.07) is -0.865. The van der Waals surface area contributed by atoms with Gasteiger partial charge >= 0.3 is 5.97 Å². The van der Waals surface area contributed by atoms with Crippen molar-refractivity contribution in [1.29, 1.82) is 0 Å². The van der Waals surface area contributed by atoms with Gasteiger partial charge in [0.2, 0.25) is 0 Å². The first-order valence-electron chi connectivity index (χ1n) is 6.20. The van der Waals surface area contributed by atoms with E-state index in [0.29, 0.717) is 6.42 Å². The average Bonchev–Trinajstić information content (AvgIpc) is 3.00. The summed E-state index contributed by atoms with van der Waals surface area (Å²) in [5, 5.41) is 17.8. The van der Waals surface area contributed by atoms with Gasteiger partial charge in [0.25, 0.3) is 0 Å². The number of aliphatic carboxylic acids is 1. The SMILES string of the molecule is CCCc1scc(-c2cn[nH]c2)c1CC(N)C(=O)O. The summed E-state index contributed by atoms with van der Waals surface area (Å²) in [5.41, 5.74) is 8.74. The molecular formula is C13H17N3O2S. The predicted molar refractivity (Wildman–Crippen MR) is 75.2 cm³/mol. The monoisotopic (exact) mass is 279 g/mol. The zero-order valence-corrected chi connectivity index (χ0v) is 11.5. The number of H-pyrrole nitrogens is 1. The van der Waals surface area contributed by atoms with E-state index >= 15 is 0 Å². The number of aromatic amines is 1. The van der Waals surface area contributed by atoms with E-state index in [0.717, 1.165) is 29.5 Å². The highest BCUT2D eigenvalue weighted by atomic mass is 32.1. The van der Waals surface area contributed by atoms with E-state index < -0.39 is 12.0 Å². The molecule has 0 radical (unpaired) electrons. The topological polar surface area (TPSA) is 92.0 Å². The smallest absolute Gasteiger partial charge is 0.320 e. The van der Waals surface area contributed by atoms with Crippen molar-refractivity contribution in [2.24, 2.45) is 5.73 Å². The molecule has 102 valence electrons. The summed E-state index contributed by atoms with van der Waals surface area (Å²) >= 11 is 1.66. The van der Waals surface area contributed by atoms with Crippen molar-refractivity contribution in [2.75, 3.05) is 0 Å². The molecule has 2 aromatic rings. The summed E-state index contributed by atoms with van der Waals surface area (Å²) in [4.78, 5) is 12.2. The molecule has 0 saturated carbocycles. The van der Waals surface area contributed by atoms with Crippen LogP contribution in [0.25, 0.3) is 11.1 Å². The number of nitrogens with one attached hydrogen (secondary N) is 1. The zero-order chi connectivity index (χ0) is 13.8. The van der Waals surface area contributed by atoms with Gasteiger partial charge in [-0.2, -0.15) is 5.10 Å². The Morgan fingerprint density at radius 1 is 1.63 bits per heavy atom. The van der Waals surface area contributed by atoms with Crippen LogP contribution in [0.5, 0.6) is 0 Å². The Hall–Kier alpha value is -1.66. The molecule has 5 nitrogen and oxygen atoms in total. The highest BCUT2D eigenvalue weighted by Crippen LogP contribution is 2.32. The van der Waals surface area contributed by atoms with Crippen molar-refractivity contribution in [3.8, 4) is 11.1 Å². The molecular weight excluding hydrogens is 262 g/mol. The largest absolute Gasteiger partial charge is 0.480 e. The minimum Gasteiger partial charge on any atom is -0.480 e. The molecule has 2 heterocycles. The second-order valence-electron chi connectivity index (χ2n) is 4.44. The third kappa shape index (κ3) is 3.02. The molecule has 6 heteroatoms. The maximum absolute atomic E-state index is 11.0. The van der Waals surface area contributed by atoms with Crippen LogP contribution in [0, 0.1) is 0 Å². The van der Waals surface area contributed by atoms with Crippen LogP contribution < -0.4 is 5.73 Å². The lowest BCUT2D eigenvalue weighted by Gasteiger charge is -2.09. The van der Waals surface area contributed by atoms with Gasteiger partial charge in [0.1, 0.15) is 6.04 Å². The molecule has 0 aliphatic heterocycles. The van der Waals surface area contributed by atoms with Gasteiger partial charge in [-0.3, -0.25) is 9.89 Å². The number of thiophene rings is 1. The molecule has 0 aliphatic rings. The molecule has 1 atom stereocenters. The summed E-state index contributed by atoms with van der Waals surface area (Å²) in [6.07, 6.45) is 5.89. The van der Waals surface area contributed by atoms with Gasteiger partial charge < -0.3 is 10.8 Å². The molecule has 0 fully saturated rings. The lowest BCUT2D eigenvalue weighted by molar-refractivity contribution is -0.138. The van der Waals surface area contributed by atoms with Crippen molar-refractivity contribution in [2.45, 2.75) is 32.2 Å². The highest BCUT2D eigenvalue weighted by molar-refractivity contribution is 7.10. The summed E-state index contributed by atoms with van der Waals surface area (Å²) in [6.45, 7) is 2.11.